The number of hydrogen-bond donors (Lipinski definition) is 1. The van der Waals surface area contributed by atoms with E-state index in [2.05, 4.69) is 40.1 Å². The van der Waals surface area contributed by atoms with E-state index in [1.54, 1.807) is 12.3 Å². The highest BCUT2D eigenvalue weighted by Crippen LogP contribution is 2.20. The van der Waals surface area contributed by atoms with Crippen LogP contribution in [-0.2, 0) is 11.3 Å². The number of piperazine rings is 1. The first kappa shape index (κ1) is 25.1. The summed E-state index contributed by atoms with van der Waals surface area (Å²) in [6, 6.07) is 19.6. The molecule has 0 saturated carbocycles. The summed E-state index contributed by atoms with van der Waals surface area (Å²) in [5.74, 6) is -2.76. The third-order valence-electron chi connectivity index (χ3n) is 5.31. The quantitative estimate of drug-likeness (QED) is 0.626. The summed E-state index contributed by atoms with van der Waals surface area (Å²) in [4.78, 5) is 26.3. The van der Waals surface area contributed by atoms with Crippen LogP contribution >= 0.6 is 0 Å². The summed E-state index contributed by atoms with van der Waals surface area (Å²) in [5.41, 5.74) is 3.81. The molecule has 34 heavy (non-hydrogen) atoms. The highest BCUT2D eigenvalue weighted by atomic mass is 19.4. The smallest absolute Gasteiger partial charge is 0.475 e. The van der Waals surface area contributed by atoms with E-state index in [0.717, 1.165) is 49.5 Å². The molecule has 7 nitrogen and oxygen atoms in total. The maximum Gasteiger partial charge on any atom is 0.490 e. The van der Waals surface area contributed by atoms with Crippen LogP contribution in [0.4, 0.5) is 13.2 Å². The van der Waals surface area contributed by atoms with Gasteiger partial charge in [-0.25, -0.2) is 4.79 Å². The molecule has 1 saturated heterocycles. The van der Waals surface area contributed by atoms with Gasteiger partial charge in [-0.15, -0.1) is 0 Å². The minimum Gasteiger partial charge on any atom is -0.475 e. The lowest BCUT2D eigenvalue weighted by atomic mass is 10.0. The molecule has 3 aromatic rings. The minimum absolute atomic E-state index is 0.122. The molecule has 1 aromatic heterocycles. The molecule has 0 aliphatic carbocycles. The predicted octanol–water partition coefficient (Wildman–Crippen LogP) is 3.28. The fraction of sp³-hybridized carbons (Fsp3) is 0.292. The molecule has 0 unspecified atom stereocenters. The van der Waals surface area contributed by atoms with Crippen molar-refractivity contribution in [3.8, 4) is 16.8 Å². The van der Waals surface area contributed by atoms with Crippen LogP contribution in [-0.4, -0.2) is 70.1 Å². The Hall–Kier alpha value is -3.50. The Morgan fingerprint density at radius 3 is 2.21 bits per heavy atom. The maximum atomic E-state index is 12.5. The van der Waals surface area contributed by atoms with E-state index in [-0.39, 0.29) is 5.56 Å². The van der Waals surface area contributed by atoms with Crippen molar-refractivity contribution in [2.75, 3.05) is 33.2 Å². The van der Waals surface area contributed by atoms with Gasteiger partial charge < -0.3 is 10.0 Å². The van der Waals surface area contributed by atoms with Crippen molar-refractivity contribution in [2.45, 2.75) is 12.7 Å². The Labute approximate surface area is 194 Å². The van der Waals surface area contributed by atoms with Crippen LogP contribution in [0.25, 0.3) is 16.8 Å². The molecule has 0 amide bonds. The summed E-state index contributed by atoms with van der Waals surface area (Å²) in [6.45, 7) is 5.35. The first-order valence-electron chi connectivity index (χ1n) is 10.6. The van der Waals surface area contributed by atoms with Crippen molar-refractivity contribution >= 4 is 5.97 Å². The van der Waals surface area contributed by atoms with Gasteiger partial charge in [-0.2, -0.15) is 23.0 Å². The molecule has 180 valence electrons. The summed E-state index contributed by atoms with van der Waals surface area (Å²) in [5, 5.41) is 11.5. The van der Waals surface area contributed by atoms with Gasteiger partial charge in [-0.3, -0.25) is 9.69 Å². The van der Waals surface area contributed by atoms with E-state index in [4.69, 9.17) is 9.90 Å². The average molecular weight is 474 g/mol. The van der Waals surface area contributed by atoms with E-state index in [9.17, 15) is 18.0 Å². The monoisotopic (exact) mass is 474 g/mol. The number of alkyl halides is 3. The molecule has 4 rings (SSSR count). The van der Waals surface area contributed by atoms with Crippen LogP contribution in [0, 0.1) is 0 Å². The largest absolute Gasteiger partial charge is 0.490 e. The second-order valence-corrected chi connectivity index (χ2v) is 7.91. The Kier molecular flexibility index (Phi) is 8.19. The zero-order valence-electron chi connectivity index (χ0n) is 18.6. The lowest BCUT2D eigenvalue weighted by molar-refractivity contribution is -0.192. The van der Waals surface area contributed by atoms with Gasteiger partial charge >= 0.3 is 12.1 Å². The maximum absolute atomic E-state index is 12.5. The molecular weight excluding hydrogens is 449 g/mol. The standard InChI is InChI=1S/C22H24N4O.C2HF3O2/c1-24-10-12-25(13-11-24)17-18-6-5-7-19(14-18)20-15-22(27)26(23-16-20)21-8-3-2-4-9-21;3-2(4,5)1(6)7/h2-9,14-16H,10-13,17H2,1H3;(H,6,7). The van der Waals surface area contributed by atoms with Crippen LogP contribution in [0.5, 0.6) is 0 Å². The van der Waals surface area contributed by atoms with Gasteiger partial charge in [0.2, 0.25) is 0 Å². The van der Waals surface area contributed by atoms with Gasteiger partial charge in [-0.1, -0.05) is 36.4 Å². The number of aliphatic carboxylic acids is 1. The number of carboxylic acids is 1. The summed E-state index contributed by atoms with van der Waals surface area (Å²) < 4.78 is 33.2. The fourth-order valence-electron chi connectivity index (χ4n) is 3.44. The predicted molar refractivity (Wildman–Crippen MR) is 122 cm³/mol. The Morgan fingerprint density at radius 2 is 1.62 bits per heavy atom. The van der Waals surface area contributed by atoms with Gasteiger partial charge in [0.05, 0.1) is 11.9 Å². The zero-order chi connectivity index (χ0) is 24.7. The molecule has 10 heteroatoms. The van der Waals surface area contributed by atoms with E-state index >= 15 is 0 Å². The van der Waals surface area contributed by atoms with E-state index in [1.165, 1.54) is 10.2 Å². The minimum atomic E-state index is -5.08. The number of hydrogen-bond acceptors (Lipinski definition) is 5. The van der Waals surface area contributed by atoms with Crippen LogP contribution in [0.15, 0.2) is 71.7 Å². The molecule has 1 N–H and O–H groups in total. The lowest BCUT2D eigenvalue weighted by Crippen LogP contribution is -2.43. The fourth-order valence-corrected chi connectivity index (χ4v) is 3.44. The normalized spacial score (nSPS) is 14.8. The first-order valence-corrected chi connectivity index (χ1v) is 10.6. The second kappa shape index (κ2) is 11.1. The SMILES string of the molecule is CN1CCN(Cc2cccc(-c3cnn(-c4ccccc4)c(=O)c3)c2)CC1.O=C(O)C(F)(F)F. The molecule has 2 aromatic carbocycles. The number of nitrogens with zero attached hydrogens (tertiary/aromatic N) is 4. The molecule has 0 bridgehead atoms. The average Bonchev–Trinajstić information content (AvgIpc) is 2.81. The van der Waals surface area contributed by atoms with Gasteiger partial charge in [0.25, 0.3) is 5.56 Å². The van der Waals surface area contributed by atoms with E-state index < -0.39 is 12.1 Å². The second-order valence-electron chi connectivity index (χ2n) is 7.91. The first-order chi connectivity index (χ1) is 16.1. The Morgan fingerprint density at radius 1 is 0.971 bits per heavy atom. The highest BCUT2D eigenvalue weighted by molar-refractivity contribution is 5.73. The number of likely N-dealkylation sites (N-methyl/N-ethyl adjacent to an activating group) is 1. The summed E-state index contributed by atoms with van der Waals surface area (Å²) >= 11 is 0. The van der Waals surface area contributed by atoms with Gasteiger partial charge in [0, 0.05) is 44.4 Å². The molecular formula is C24H25F3N4O3. The van der Waals surface area contributed by atoms with Crippen molar-refractivity contribution in [3.05, 3.63) is 82.8 Å². The third kappa shape index (κ3) is 7.00. The lowest BCUT2D eigenvalue weighted by Gasteiger charge is -2.32. The van der Waals surface area contributed by atoms with Crippen LogP contribution in [0.2, 0.25) is 0 Å². The van der Waals surface area contributed by atoms with Crippen molar-refractivity contribution in [3.63, 3.8) is 0 Å². The Balaban J connectivity index is 0.000000406. The molecule has 1 aliphatic heterocycles. The van der Waals surface area contributed by atoms with Gasteiger partial charge in [0.1, 0.15) is 0 Å². The molecule has 0 atom stereocenters. The summed E-state index contributed by atoms with van der Waals surface area (Å²) in [7, 11) is 2.17. The number of para-hydroxylation sites is 1. The topological polar surface area (TPSA) is 78.7 Å². The number of halogens is 3. The number of aromatic nitrogens is 2. The number of rotatable bonds is 4. The van der Waals surface area contributed by atoms with Crippen molar-refractivity contribution in [1.82, 2.24) is 19.6 Å². The summed E-state index contributed by atoms with van der Waals surface area (Å²) in [6.07, 6.45) is -3.32. The molecule has 1 aliphatic rings. The van der Waals surface area contributed by atoms with Crippen LogP contribution in [0.3, 0.4) is 0 Å². The van der Waals surface area contributed by atoms with Gasteiger partial charge in [-0.05, 0) is 36.4 Å². The zero-order valence-corrected chi connectivity index (χ0v) is 18.6. The number of carboxylic acid groups (broad SMARTS) is 1. The van der Waals surface area contributed by atoms with Crippen LogP contribution < -0.4 is 5.56 Å². The van der Waals surface area contributed by atoms with Crippen molar-refractivity contribution in [1.29, 1.82) is 0 Å². The van der Waals surface area contributed by atoms with Gasteiger partial charge in [0.15, 0.2) is 0 Å². The highest BCUT2D eigenvalue weighted by Gasteiger charge is 2.38. The van der Waals surface area contributed by atoms with Crippen molar-refractivity contribution < 1.29 is 23.1 Å². The molecule has 1 fully saturated rings. The van der Waals surface area contributed by atoms with E-state index in [1.807, 2.05) is 36.4 Å². The molecule has 0 radical (unpaired) electrons. The molecule has 2 heterocycles. The Bertz CT molecular complexity index is 1160. The van der Waals surface area contributed by atoms with Crippen LogP contribution in [0.1, 0.15) is 5.56 Å². The number of benzene rings is 2. The van der Waals surface area contributed by atoms with Crippen molar-refractivity contribution in [2.24, 2.45) is 0 Å². The number of carbonyl (C=O) groups is 1. The third-order valence-corrected chi connectivity index (χ3v) is 5.31. The van der Waals surface area contributed by atoms with E-state index in [0.29, 0.717) is 0 Å². The molecule has 0 spiro atoms.